The van der Waals surface area contributed by atoms with Gasteiger partial charge in [-0.1, -0.05) is 0 Å². The molecule has 19 heavy (non-hydrogen) atoms. The molecule has 0 spiro atoms. The smallest absolute Gasteiger partial charge is 0.137 e. The Bertz CT molecular complexity index is 464. The second-order valence-corrected chi connectivity index (χ2v) is 6.05. The summed E-state index contributed by atoms with van der Waals surface area (Å²) < 4.78 is 13.0. The summed E-state index contributed by atoms with van der Waals surface area (Å²) in [7, 11) is 2.00. The van der Waals surface area contributed by atoms with Crippen LogP contribution in [0.4, 0.5) is 0 Å². The number of hydrogen-bond donors (Lipinski definition) is 1. The molecule has 104 valence electrons. The van der Waals surface area contributed by atoms with Crippen molar-refractivity contribution in [1.29, 1.82) is 0 Å². The maximum atomic E-state index is 6.00. The summed E-state index contributed by atoms with van der Waals surface area (Å²) >= 11 is 3.73. The first-order valence-corrected chi connectivity index (χ1v) is 7.83. The third kappa shape index (κ3) is 2.15. The minimum Gasteiger partial charge on any atom is -0.493 e. The molecule has 1 atom stereocenters. The zero-order chi connectivity index (χ0) is 13.4. The van der Waals surface area contributed by atoms with E-state index in [4.69, 9.17) is 9.47 Å². The van der Waals surface area contributed by atoms with E-state index in [1.54, 1.807) is 0 Å². The third-order valence-electron chi connectivity index (χ3n) is 4.08. The molecule has 1 aromatic rings. The molecule has 0 saturated heterocycles. The summed E-state index contributed by atoms with van der Waals surface area (Å²) in [6, 6.07) is 0.287. The van der Waals surface area contributed by atoms with Gasteiger partial charge < -0.3 is 14.8 Å². The third-order valence-corrected chi connectivity index (χ3v) is 4.92. The molecule has 0 aromatic heterocycles. The summed E-state index contributed by atoms with van der Waals surface area (Å²) in [5.74, 6) is 2.14. The SMILES string of the molecule is CNC(C)c1c2c(c(Br)c3c1OCCC3)OCCC2. The Kier molecular flexibility index (Phi) is 3.72. The number of benzene rings is 1. The fourth-order valence-electron chi connectivity index (χ4n) is 3.03. The Morgan fingerprint density at radius 1 is 1.05 bits per heavy atom. The van der Waals surface area contributed by atoms with Gasteiger partial charge in [-0.15, -0.1) is 0 Å². The van der Waals surface area contributed by atoms with Crippen LogP contribution in [0.3, 0.4) is 0 Å². The fourth-order valence-corrected chi connectivity index (χ4v) is 3.76. The second kappa shape index (κ2) is 5.33. The van der Waals surface area contributed by atoms with Crippen LogP contribution >= 0.6 is 15.9 Å². The van der Waals surface area contributed by atoms with Gasteiger partial charge in [0.2, 0.25) is 0 Å². The summed E-state index contributed by atoms with van der Waals surface area (Å²) in [5.41, 5.74) is 3.90. The quantitative estimate of drug-likeness (QED) is 0.904. The molecule has 0 saturated carbocycles. The van der Waals surface area contributed by atoms with Gasteiger partial charge in [0.05, 0.1) is 17.7 Å². The molecule has 1 aromatic carbocycles. The van der Waals surface area contributed by atoms with Crippen LogP contribution in [0.5, 0.6) is 11.5 Å². The molecule has 0 amide bonds. The number of nitrogens with one attached hydrogen (secondary N) is 1. The lowest BCUT2D eigenvalue weighted by atomic mass is 9.90. The standard InChI is InChI=1S/C15H20BrNO2/c1-9(17-2)12-10-5-3-8-19-15(10)13(16)11-6-4-7-18-14(11)12/h9,17H,3-8H2,1-2H3. The van der Waals surface area contributed by atoms with Crippen molar-refractivity contribution in [2.45, 2.75) is 38.6 Å². The lowest BCUT2D eigenvalue weighted by Gasteiger charge is -2.31. The number of ether oxygens (including phenoxy) is 2. The van der Waals surface area contributed by atoms with Crippen LogP contribution in [-0.4, -0.2) is 20.3 Å². The van der Waals surface area contributed by atoms with E-state index in [1.807, 2.05) is 7.05 Å². The topological polar surface area (TPSA) is 30.5 Å². The number of fused-ring (bicyclic) bond motifs is 2. The number of rotatable bonds is 2. The molecule has 2 aliphatic heterocycles. The van der Waals surface area contributed by atoms with Crippen LogP contribution in [0.25, 0.3) is 0 Å². The molecular weight excluding hydrogens is 306 g/mol. The maximum absolute atomic E-state index is 6.00. The maximum Gasteiger partial charge on any atom is 0.137 e. The van der Waals surface area contributed by atoms with Crippen molar-refractivity contribution in [3.8, 4) is 11.5 Å². The van der Waals surface area contributed by atoms with E-state index in [9.17, 15) is 0 Å². The van der Waals surface area contributed by atoms with Crippen molar-refractivity contribution in [3.63, 3.8) is 0 Å². The summed E-state index contributed by atoms with van der Waals surface area (Å²) in [6.07, 6.45) is 4.31. The first-order chi connectivity index (χ1) is 9.24. The molecular formula is C15H20BrNO2. The molecule has 1 unspecified atom stereocenters. The van der Waals surface area contributed by atoms with E-state index in [0.717, 1.165) is 54.9 Å². The summed E-state index contributed by atoms with van der Waals surface area (Å²) in [6.45, 7) is 3.83. The Hall–Kier alpha value is -0.740. The van der Waals surface area contributed by atoms with Crippen molar-refractivity contribution in [1.82, 2.24) is 5.32 Å². The largest absolute Gasteiger partial charge is 0.493 e. The van der Waals surface area contributed by atoms with Crippen LogP contribution in [0.15, 0.2) is 4.47 Å². The molecule has 2 aliphatic rings. The fraction of sp³-hybridized carbons (Fsp3) is 0.600. The molecule has 0 bridgehead atoms. The number of hydrogen-bond acceptors (Lipinski definition) is 3. The first-order valence-electron chi connectivity index (χ1n) is 7.04. The van der Waals surface area contributed by atoms with Gasteiger partial charge in [0, 0.05) is 22.7 Å². The van der Waals surface area contributed by atoms with Crippen molar-refractivity contribution in [3.05, 3.63) is 21.2 Å². The Balaban J connectivity index is 2.25. The van der Waals surface area contributed by atoms with Crippen LogP contribution in [0, 0.1) is 0 Å². The van der Waals surface area contributed by atoms with E-state index in [-0.39, 0.29) is 6.04 Å². The van der Waals surface area contributed by atoms with Crippen molar-refractivity contribution >= 4 is 15.9 Å². The average molecular weight is 326 g/mol. The van der Waals surface area contributed by atoms with Gasteiger partial charge in [-0.05, 0) is 55.6 Å². The molecule has 4 heteroatoms. The van der Waals surface area contributed by atoms with Gasteiger partial charge in [0.25, 0.3) is 0 Å². The monoisotopic (exact) mass is 325 g/mol. The molecule has 0 fully saturated rings. The average Bonchev–Trinajstić information content (AvgIpc) is 2.47. The zero-order valence-electron chi connectivity index (χ0n) is 11.5. The highest BCUT2D eigenvalue weighted by molar-refractivity contribution is 9.10. The zero-order valence-corrected chi connectivity index (χ0v) is 13.1. The van der Waals surface area contributed by atoms with Gasteiger partial charge in [-0.3, -0.25) is 0 Å². The lowest BCUT2D eigenvalue weighted by Crippen LogP contribution is -2.22. The van der Waals surface area contributed by atoms with Crippen molar-refractivity contribution < 1.29 is 9.47 Å². The Labute approximate surface area is 122 Å². The highest BCUT2D eigenvalue weighted by Gasteiger charge is 2.30. The van der Waals surface area contributed by atoms with Crippen LogP contribution < -0.4 is 14.8 Å². The predicted octanol–water partition coefficient (Wildman–Crippen LogP) is 3.38. The van der Waals surface area contributed by atoms with E-state index < -0.39 is 0 Å². The van der Waals surface area contributed by atoms with E-state index in [1.165, 1.54) is 16.7 Å². The minimum absolute atomic E-state index is 0.287. The van der Waals surface area contributed by atoms with Gasteiger partial charge in [-0.25, -0.2) is 0 Å². The molecule has 3 nitrogen and oxygen atoms in total. The van der Waals surface area contributed by atoms with Crippen LogP contribution in [-0.2, 0) is 12.8 Å². The van der Waals surface area contributed by atoms with Gasteiger partial charge in [0.15, 0.2) is 0 Å². The van der Waals surface area contributed by atoms with Crippen molar-refractivity contribution in [2.75, 3.05) is 20.3 Å². The highest BCUT2D eigenvalue weighted by Crippen LogP contribution is 2.48. The van der Waals surface area contributed by atoms with Crippen LogP contribution in [0.1, 0.15) is 42.5 Å². The first kappa shape index (κ1) is 13.3. The highest BCUT2D eigenvalue weighted by atomic mass is 79.9. The normalized spacial score (nSPS) is 18.9. The van der Waals surface area contributed by atoms with E-state index in [2.05, 4.69) is 28.2 Å². The Morgan fingerprint density at radius 2 is 1.68 bits per heavy atom. The van der Waals surface area contributed by atoms with Gasteiger partial charge in [-0.2, -0.15) is 0 Å². The molecule has 2 heterocycles. The van der Waals surface area contributed by atoms with E-state index in [0.29, 0.717) is 0 Å². The molecule has 3 rings (SSSR count). The molecule has 1 N–H and O–H groups in total. The predicted molar refractivity (Wildman–Crippen MR) is 79.2 cm³/mol. The summed E-state index contributed by atoms with van der Waals surface area (Å²) in [5, 5.41) is 3.35. The lowest BCUT2D eigenvalue weighted by molar-refractivity contribution is 0.265. The molecule has 0 aliphatic carbocycles. The van der Waals surface area contributed by atoms with Crippen molar-refractivity contribution in [2.24, 2.45) is 0 Å². The van der Waals surface area contributed by atoms with Crippen LogP contribution in [0.2, 0.25) is 0 Å². The Morgan fingerprint density at radius 3 is 2.37 bits per heavy atom. The minimum atomic E-state index is 0.287. The van der Waals surface area contributed by atoms with Gasteiger partial charge >= 0.3 is 0 Å². The number of halogens is 1. The van der Waals surface area contributed by atoms with Gasteiger partial charge in [0.1, 0.15) is 11.5 Å². The summed E-state index contributed by atoms with van der Waals surface area (Å²) in [4.78, 5) is 0. The second-order valence-electron chi connectivity index (χ2n) is 5.26. The van der Waals surface area contributed by atoms with E-state index >= 15 is 0 Å². The molecule has 0 radical (unpaired) electrons.